The summed E-state index contributed by atoms with van der Waals surface area (Å²) >= 11 is 17.9. The number of hydrogen-bond donors (Lipinski definition) is 2. The van der Waals surface area contributed by atoms with Crippen molar-refractivity contribution >= 4 is 52.4 Å². The Morgan fingerprint density at radius 1 is 1.04 bits per heavy atom. The number of carboxylic acids is 1. The van der Waals surface area contributed by atoms with Crippen molar-refractivity contribution in [1.29, 1.82) is 0 Å². The molecule has 0 saturated heterocycles. The molecule has 25 heavy (non-hydrogen) atoms. The fourth-order valence-corrected chi connectivity index (χ4v) is 2.75. The van der Waals surface area contributed by atoms with Crippen LogP contribution in [-0.2, 0) is 4.79 Å². The largest absolute Gasteiger partial charge is 0.484 e. The number of aromatic carboxylic acids is 1. The Morgan fingerprint density at radius 3 is 2.20 bits per heavy atom. The number of benzene rings is 2. The predicted octanol–water partition coefficient (Wildman–Crippen LogP) is 4.98. The molecule has 0 saturated carbocycles. The van der Waals surface area contributed by atoms with Crippen LogP contribution in [0.25, 0.3) is 0 Å². The van der Waals surface area contributed by atoms with Crippen LogP contribution in [0.5, 0.6) is 5.75 Å². The minimum atomic E-state index is -1.22. The van der Waals surface area contributed by atoms with Crippen LogP contribution in [-0.4, -0.2) is 23.6 Å². The van der Waals surface area contributed by atoms with Gasteiger partial charge in [0.05, 0.1) is 21.3 Å². The zero-order valence-electron chi connectivity index (χ0n) is 13.3. The number of hydrogen-bond acceptors (Lipinski definition) is 3. The molecule has 0 bridgehead atoms. The summed E-state index contributed by atoms with van der Waals surface area (Å²) in [6.45, 7) is 3.40. The first-order valence-electron chi connectivity index (χ1n) is 7.10. The van der Waals surface area contributed by atoms with Gasteiger partial charge in [-0.3, -0.25) is 4.79 Å². The highest BCUT2D eigenvalue weighted by molar-refractivity contribution is 6.38. The van der Waals surface area contributed by atoms with E-state index in [1.54, 1.807) is 12.1 Å². The highest BCUT2D eigenvalue weighted by Crippen LogP contribution is 2.29. The molecular formula is C17H14Cl3NO4. The first-order chi connectivity index (χ1) is 11.7. The maximum absolute atomic E-state index is 12.0. The molecule has 0 heterocycles. The van der Waals surface area contributed by atoms with Gasteiger partial charge in [-0.05, 0) is 49.2 Å². The number of aryl methyl sites for hydroxylation is 2. The molecule has 2 rings (SSSR count). The van der Waals surface area contributed by atoms with E-state index in [1.807, 2.05) is 13.8 Å². The Hall–Kier alpha value is -1.95. The maximum Gasteiger partial charge on any atom is 0.337 e. The van der Waals surface area contributed by atoms with Crippen LogP contribution in [0.15, 0.2) is 24.3 Å². The topological polar surface area (TPSA) is 75.6 Å². The molecule has 0 spiro atoms. The second kappa shape index (κ2) is 7.95. The summed E-state index contributed by atoms with van der Waals surface area (Å²) in [5.74, 6) is -1.21. The molecule has 132 valence electrons. The number of nitrogens with one attached hydrogen (secondary N) is 1. The lowest BCUT2D eigenvalue weighted by atomic mass is 10.1. The van der Waals surface area contributed by atoms with Gasteiger partial charge < -0.3 is 15.2 Å². The lowest BCUT2D eigenvalue weighted by Crippen LogP contribution is -2.20. The molecule has 0 aliphatic carbocycles. The second-order valence-corrected chi connectivity index (χ2v) is 6.52. The van der Waals surface area contributed by atoms with Crippen molar-refractivity contribution in [3.8, 4) is 5.75 Å². The fourth-order valence-electron chi connectivity index (χ4n) is 2.13. The average Bonchev–Trinajstić information content (AvgIpc) is 2.52. The maximum atomic E-state index is 12.0. The van der Waals surface area contributed by atoms with Gasteiger partial charge in [-0.1, -0.05) is 34.8 Å². The van der Waals surface area contributed by atoms with E-state index >= 15 is 0 Å². The molecule has 2 aromatic rings. The highest BCUT2D eigenvalue weighted by Gasteiger charge is 2.15. The van der Waals surface area contributed by atoms with Gasteiger partial charge in [0, 0.05) is 5.02 Å². The van der Waals surface area contributed by atoms with Crippen molar-refractivity contribution in [3.05, 3.63) is 56.0 Å². The summed E-state index contributed by atoms with van der Waals surface area (Å²) in [4.78, 5) is 23.1. The predicted molar refractivity (Wildman–Crippen MR) is 98.5 cm³/mol. The van der Waals surface area contributed by atoms with Gasteiger partial charge >= 0.3 is 5.97 Å². The third-order valence-electron chi connectivity index (χ3n) is 3.34. The molecule has 0 unspecified atom stereocenters. The first kappa shape index (κ1) is 19.4. The Labute approximate surface area is 159 Å². The summed E-state index contributed by atoms with van der Waals surface area (Å²) in [6, 6.07) is 5.90. The number of carbonyl (C=O) groups excluding carboxylic acids is 1. The van der Waals surface area contributed by atoms with Gasteiger partial charge in [-0.15, -0.1) is 0 Å². The van der Waals surface area contributed by atoms with Crippen LogP contribution in [0.4, 0.5) is 5.69 Å². The van der Waals surface area contributed by atoms with Gasteiger partial charge in [-0.2, -0.15) is 0 Å². The van der Waals surface area contributed by atoms with Crippen molar-refractivity contribution in [3.63, 3.8) is 0 Å². The highest BCUT2D eigenvalue weighted by atomic mass is 35.5. The van der Waals surface area contributed by atoms with E-state index in [9.17, 15) is 9.59 Å². The molecule has 0 aliphatic heterocycles. The summed E-state index contributed by atoms with van der Waals surface area (Å²) in [7, 11) is 0. The van der Waals surface area contributed by atoms with E-state index < -0.39 is 11.9 Å². The summed E-state index contributed by atoms with van der Waals surface area (Å²) in [6.07, 6.45) is 0. The summed E-state index contributed by atoms with van der Waals surface area (Å²) in [5.41, 5.74) is 1.65. The van der Waals surface area contributed by atoms with Crippen molar-refractivity contribution in [2.24, 2.45) is 0 Å². The van der Waals surface area contributed by atoms with Gasteiger partial charge in [0.15, 0.2) is 6.61 Å². The zero-order chi connectivity index (χ0) is 18.7. The lowest BCUT2D eigenvalue weighted by molar-refractivity contribution is -0.118. The Kier molecular flexibility index (Phi) is 6.16. The van der Waals surface area contributed by atoms with Gasteiger partial charge in [0.2, 0.25) is 0 Å². The standard InChI is InChI=1S/C17H14Cl3NO4/c1-8-3-10(4-9(2)16(8)20)25-7-15(22)21-14-5-11(17(23)24)12(18)6-13(14)19/h3-6H,7H2,1-2H3,(H,21,22)(H,23,24). The number of anilines is 1. The number of rotatable bonds is 5. The minimum Gasteiger partial charge on any atom is -0.484 e. The quantitative estimate of drug-likeness (QED) is 0.739. The molecule has 0 aliphatic rings. The summed E-state index contributed by atoms with van der Waals surface area (Å²) in [5, 5.41) is 12.3. The van der Waals surface area contributed by atoms with Gasteiger partial charge in [-0.25, -0.2) is 4.79 Å². The van der Waals surface area contributed by atoms with E-state index in [0.29, 0.717) is 10.8 Å². The summed E-state index contributed by atoms with van der Waals surface area (Å²) < 4.78 is 5.44. The zero-order valence-corrected chi connectivity index (χ0v) is 15.6. The van der Waals surface area contributed by atoms with E-state index in [4.69, 9.17) is 44.6 Å². The van der Waals surface area contributed by atoms with E-state index in [2.05, 4.69) is 5.32 Å². The van der Waals surface area contributed by atoms with Gasteiger partial charge in [0.25, 0.3) is 5.91 Å². The first-order valence-corrected chi connectivity index (χ1v) is 8.24. The van der Waals surface area contributed by atoms with Crippen molar-refractivity contribution in [2.75, 3.05) is 11.9 Å². The molecule has 2 N–H and O–H groups in total. The van der Waals surface area contributed by atoms with E-state index in [0.717, 1.165) is 11.1 Å². The van der Waals surface area contributed by atoms with Crippen molar-refractivity contribution in [2.45, 2.75) is 13.8 Å². The molecule has 1 amide bonds. The molecule has 2 aromatic carbocycles. The van der Waals surface area contributed by atoms with Crippen LogP contribution in [0.3, 0.4) is 0 Å². The monoisotopic (exact) mass is 401 g/mol. The lowest BCUT2D eigenvalue weighted by Gasteiger charge is -2.12. The molecule has 0 aromatic heterocycles. The smallest absolute Gasteiger partial charge is 0.337 e. The molecule has 5 nitrogen and oxygen atoms in total. The SMILES string of the molecule is Cc1cc(OCC(=O)Nc2cc(C(=O)O)c(Cl)cc2Cl)cc(C)c1Cl. The van der Waals surface area contributed by atoms with Crippen LogP contribution < -0.4 is 10.1 Å². The molecule has 0 radical (unpaired) electrons. The number of amides is 1. The van der Waals surface area contributed by atoms with E-state index in [-0.39, 0.29) is 27.9 Å². The third-order valence-corrected chi connectivity index (χ3v) is 4.56. The van der Waals surface area contributed by atoms with Gasteiger partial charge in [0.1, 0.15) is 5.75 Å². The Bertz CT molecular complexity index is 829. The van der Waals surface area contributed by atoms with Crippen LogP contribution in [0.2, 0.25) is 15.1 Å². The average molecular weight is 403 g/mol. The van der Waals surface area contributed by atoms with Crippen molar-refractivity contribution < 1.29 is 19.4 Å². The number of halogens is 3. The van der Waals surface area contributed by atoms with Crippen LogP contribution in [0.1, 0.15) is 21.5 Å². The second-order valence-electron chi connectivity index (χ2n) is 5.32. The third kappa shape index (κ3) is 4.78. The molecule has 0 fully saturated rings. The Morgan fingerprint density at radius 2 is 1.64 bits per heavy atom. The van der Waals surface area contributed by atoms with Crippen LogP contribution in [0, 0.1) is 13.8 Å². The molecular weight excluding hydrogens is 389 g/mol. The molecule has 0 atom stereocenters. The Balaban J connectivity index is 2.08. The van der Waals surface area contributed by atoms with Crippen molar-refractivity contribution in [1.82, 2.24) is 0 Å². The minimum absolute atomic E-state index is 0.0149. The van der Waals surface area contributed by atoms with E-state index in [1.165, 1.54) is 12.1 Å². The van der Waals surface area contributed by atoms with Crippen LogP contribution >= 0.6 is 34.8 Å². The number of carbonyl (C=O) groups is 2. The number of ether oxygens (including phenoxy) is 1. The number of carboxylic acid groups (broad SMARTS) is 1. The fraction of sp³-hybridized carbons (Fsp3) is 0.176. The normalized spacial score (nSPS) is 10.4. The molecule has 8 heteroatoms.